The van der Waals surface area contributed by atoms with Gasteiger partial charge in [0, 0.05) is 24.2 Å². The Hall–Kier alpha value is -1.36. The normalized spacial score (nSPS) is 27.3. The molecule has 2 atom stereocenters. The number of nitrogen functional groups attached to an aromatic ring is 1. The first-order chi connectivity index (χ1) is 9.15. The van der Waals surface area contributed by atoms with E-state index in [1.54, 1.807) is 0 Å². The van der Waals surface area contributed by atoms with Gasteiger partial charge in [-0.3, -0.25) is 4.90 Å². The van der Waals surface area contributed by atoms with E-state index in [0.717, 1.165) is 17.2 Å². The number of nitrogens with two attached hydrogens (primary N) is 1. The molecule has 0 radical (unpaired) electrons. The molecule has 2 fully saturated rings. The van der Waals surface area contributed by atoms with E-state index in [4.69, 9.17) is 5.73 Å². The number of piperidine rings is 1. The summed E-state index contributed by atoms with van der Waals surface area (Å²) in [7, 11) is 0. The minimum atomic E-state index is 0.507. The summed E-state index contributed by atoms with van der Waals surface area (Å²) in [5.74, 6) is 2.25. The lowest BCUT2D eigenvalue weighted by Crippen LogP contribution is -2.42. The molecule has 0 bridgehead atoms. The van der Waals surface area contributed by atoms with Crippen LogP contribution in [0.15, 0.2) is 0 Å². The lowest BCUT2D eigenvalue weighted by atomic mass is 9.99. The zero-order valence-electron chi connectivity index (χ0n) is 11.8. The monoisotopic (exact) mass is 261 g/mol. The smallest absolute Gasteiger partial charge is 0.135 e. The zero-order chi connectivity index (χ0) is 13.4. The third kappa shape index (κ3) is 2.39. The molecule has 2 aliphatic rings. The highest BCUT2D eigenvalue weighted by molar-refractivity contribution is 5.55. The number of anilines is 2. The quantitative estimate of drug-likeness (QED) is 0.848. The topological polar surface area (TPSA) is 67.1 Å². The Morgan fingerprint density at radius 3 is 2.84 bits per heavy atom. The number of nitrogens with zero attached hydrogens (tertiary/aromatic N) is 3. The average Bonchev–Trinajstić information content (AvgIpc) is 2.79. The Kier molecular flexibility index (Phi) is 3.31. The molecule has 2 aliphatic heterocycles. The predicted molar refractivity (Wildman–Crippen MR) is 77.2 cm³/mol. The van der Waals surface area contributed by atoms with E-state index in [1.807, 2.05) is 13.8 Å². The Morgan fingerprint density at radius 1 is 1.16 bits per heavy atom. The summed E-state index contributed by atoms with van der Waals surface area (Å²) in [6.07, 6.45) is 5.20. The van der Waals surface area contributed by atoms with Crippen molar-refractivity contribution in [3.63, 3.8) is 0 Å². The molecule has 3 N–H and O–H groups in total. The van der Waals surface area contributed by atoms with Gasteiger partial charge < -0.3 is 11.1 Å². The first-order valence-electron chi connectivity index (χ1n) is 7.26. The van der Waals surface area contributed by atoms with Crippen molar-refractivity contribution >= 4 is 11.6 Å². The van der Waals surface area contributed by atoms with Crippen LogP contribution in [0.25, 0.3) is 0 Å². The maximum Gasteiger partial charge on any atom is 0.135 e. The van der Waals surface area contributed by atoms with Gasteiger partial charge in [0.1, 0.15) is 17.5 Å². The van der Waals surface area contributed by atoms with Crippen LogP contribution in [-0.2, 0) is 0 Å². The van der Waals surface area contributed by atoms with Gasteiger partial charge in [0.25, 0.3) is 0 Å². The number of aryl methyl sites for hydroxylation is 1. The van der Waals surface area contributed by atoms with Crippen molar-refractivity contribution in [2.24, 2.45) is 0 Å². The minimum absolute atomic E-state index is 0.507. The highest BCUT2D eigenvalue weighted by atomic mass is 15.2. The van der Waals surface area contributed by atoms with Crippen molar-refractivity contribution in [3.05, 3.63) is 11.4 Å². The first-order valence-corrected chi connectivity index (χ1v) is 7.26. The lowest BCUT2D eigenvalue weighted by molar-refractivity contribution is 0.192. The summed E-state index contributed by atoms with van der Waals surface area (Å²) < 4.78 is 0. The Morgan fingerprint density at radius 2 is 2.00 bits per heavy atom. The SMILES string of the molecule is Cc1nc(N)c(C)c(NC2CCN3CCCCC23)n1. The van der Waals surface area contributed by atoms with Crippen molar-refractivity contribution in [2.45, 2.75) is 51.6 Å². The maximum absolute atomic E-state index is 5.93. The summed E-state index contributed by atoms with van der Waals surface area (Å²) in [6.45, 7) is 6.35. The number of hydrogen-bond acceptors (Lipinski definition) is 5. The van der Waals surface area contributed by atoms with Gasteiger partial charge in [0.2, 0.25) is 0 Å². The van der Waals surface area contributed by atoms with Gasteiger partial charge in [0.15, 0.2) is 0 Å². The molecule has 0 saturated carbocycles. The Labute approximate surface area is 114 Å². The van der Waals surface area contributed by atoms with Crippen LogP contribution in [0.2, 0.25) is 0 Å². The second-order valence-corrected chi connectivity index (χ2v) is 5.77. The van der Waals surface area contributed by atoms with Crippen LogP contribution in [0.5, 0.6) is 0 Å². The van der Waals surface area contributed by atoms with E-state index in [9.17, 15) is 0 Å². The average molecular weight is 261 g/mol. The van der Waals surface area contributed by atoms with E-state index >= 15 is 0 Å². The molecule has 0 amide bonds. The zero-order valence-corrected chi connectivity index (χ0v) is 11.8. The molecule has 1 aromatic rings. The van der Waals surface area contributed by atoms with Crippen molar-refractivity contribution in [2.75, 3.05) is 24.1 Å². The highest BCUT2D eigenvalue weighted by Crippen LogP contribution is 2.30. The van der Waals surface area contributed by atoms with Crippen molar-refractivity contribution in [1.82, 2.24) is 14.9 Å². The summed E-state index contributed by atoms with van der Waals surface area (Å²) in [6, 6.07) is 1.18. The van der Waals surface area contributed by atoms with Crippen LogP contribution in [0.1, 0.15) is 37.1 Å². The highest BCUT2D eigenvalue weighted by Gasteiger charge is 2.35. The second-order valence-electron chi connectivity index (χ2n) is 5.77. The molecule has 0 aromatic carbocycles. The third-order valence-corrected chi connectivity index (χ3v) is 4.47. The molecule has 0 aliphatic carbocycles. The Balaban J connectivity index is 1.78. The van der Waals surface area contributed by atoms with Crippen LogP contribution in [0.3, 0.4) is 0 Å². The summed E-state index contributed by atoms with van der Waals surface area (Å²) >= 11 is 0. The predicted octanol–water partition coefficient (Wildman–Crippen LogP) is 1.71. The standard InChI is InChI=1S/C14H23N5/c1-9-13(15)16-10(2)17-14(9)18-11-6-8-19-7-4-3-5-12(11)19/h11-12H,3-8H2,1-2H3,(H3,15,16,17,18). The molecular formula is C14H23N5. The summed E-state index contributed by atoms with van der Waals surface area (Å²) in [5, 5.41) is 3.62. The van der Waals surface area contributed by atoms with Gasteiger partial charge in [-0.1, -0.05) is 6.42 Å². The van der Waals surface area contributed by atoms with Gasteiger partial charge in [-0.2, -0.15) is 0 Å². The fourth-order valence-corrected chi connectivity index (χ4v) is 3.38. The first kappa shape index (κ1) is 12.7. The lowest BCUT2D eigenvalue weighted by Gasteiger charge is -2.33. The molecule has 0 spiro atoms. The molecule has 19 heavy (non-hydrogen) atoms. The van der Waals surface area contributed by atoms with E-state index in [2.05, 4.69) is 20.2 Å². The van der Waals surface area contributed by atoms with Gasteiger partial charge in [0.05, 0.1) is 0 Å². The molecule has 3 rings (SSSR count). The van der Waals surface area contributed by atoms with E-state index < -0.39 is 0 Å². The number of aromatic nitrogens is 2. The maximum atomic E-state index is 5.93. The number of nitrogens with one attached hydrogen (secondary N) is 1. The molecule has 2 saturated heterocycles. The van der Waals surface area contributed by atoms with Gasteiger partial charge >= 0.3 is 0 Å². The number of rotatable bonds is 2. The van der Waals surface area contributed by atoms with Crippen LogP contribution in [0, 0.1) is 13.8 Å². The molecular weight excluding hydrogens is 238 g/mol. The third-order valence-electron chi connectivity index (χ3n) is 4.47. The molecule has 5 heteroatoms. The van der Waals surface area contributed by atoms with Crippen LogP contribution in [-0.4, -0.2) is 40.0 Å². The molecule has 1 aromatic heterocycles. The molecule has 2 unspecified atom stereocenters. The van der Waals surface area contributed by atoms with Gasteiger partial charge in [-0.25, -0.2) is 9.97 Å². The minimum Gasteiger partial charge on any atom is -0.383 e. The van der Waals surface area contributed by atoms with E-state index in [1.165, 1.54) is 38.8 Å². The number of fused-ring (bicyclic) bond motifs is 1. The van der Waals surface area contributed by atoms with E-state index in [0.29, 0.717) is 17.9 Å². The van der Waals surface area contributed by atoms with E-state index in [-0.39, 0.29) is 0 Å². The molecule has 3 heterocycles. The van der Waals surface area contributed by atoms with Crippen molar-refractivity contribution < 1.29 is 0 Å². The largest absolute Gasteiger partial charge is 0.383 e. The van der Waals surface area contributed by atoms with Gasteiger partial charge in [-0.05, 0) is 39.7 Å². The van der Waals surface area contributed by atoms with Crippen LogP contribution < -0.4 is 11.1 Å². The van der Waals surface area contributed by atoms with Gasteiger partial charge in [-0.15, -0.1) is 0 Å². The summed E-state index contributed by atoms with van der Waals surface area (Å²) in [5.41, 5.74) is 6.90. The fraction of sp³-hybridized carbons (Fsp3) is 0.714. The van der Waals surface area contributed by atoms with Crippen LogP contribution in [0.4, 0.5) is 11.6 Å². The van der Waals surface area contributed by atoms with Crippen molar-refractivity contribution in [1.29, 1.82) is 0 Å². The van der Waals surface area contributed by atoms with Crippen LogP contribution >= 0.6 is 0 Å². The second kappa shape index (κ2) is 4.96. The summed E-state index contributed by atoms with van der Waals surface area (Å²) in [4.78, 5) is 11.3. The van der Waals surface area contributed by atoms with Crippen molar-refractivity contribution in [3.8, 4) is 0 Å². The Bertz CT molecular complexity index is 473. The fourth-order valence-electron chi connectivity index (χ4n) is 3.38. The molecule has 104 valence electrons. The molecule has 5 nitrogen and oxygen atoms in total. The number of hydrogen-bond donors (Lipinski definition) is 2.